The van der Waals surface area contributed by atoms with Crippen molar-refractivity contribution in [3.63, 3.8) is 0 Å². The summed E-state index contributed by atoms with van der Waals surface area (Å²) >= 11 is 0. The number of fused-ring (bicyclic) bond motifs is 16. The predicted molar refractivity (Wildman–Crippen MR) is 366 cm³/mol. The first-order chi connectivity index (χ1) is 44.9. The third-order valence-electron chi connectivity index (χ3n) is 18.6. The van der Waals surface area contributed by atoms with Gasteiger partial charge < -0.3 is 76.4 Å². The number of aliphatic hydroxyl groups excluding tert-OH is 5. The fourth-order valence-electron chi connectivity index (χ4n) is 13.2. The lowest BCUT2D eigenvalue weighted by molar-refractivity contribution is -0.137. The van der Waals surface area contributed by atoms with Crippen molar-refractivity contribution in [2.75, 3.05) is 19.8 Å². The molecule has 4 aliphatic rings. The first kappa shape index (κ1) is 70.1. The highest BCUT2D eigenvalue weighted by Crippen LogP contribution is 2.43. The molecule has 0 aromatic carbocycles. The minimum absolute atomic E-state index is 0.129. The van der Waals surface area contributed by atoms with E-state index < -0.39 is 73.7 Å². The van der Waals surface area contributed by atoms with E-state index in [-0.39, 0.29) is 51.4 Å². The van der Waals surface area contributed by atoms with Crippen molar-refractivity contribution in [1.29, 1.82) is 0 Å². The number of aliphatic hydroxyl groups is 5. The molecule has 0 radical (unpaired) electrons. The van der Waals surface area contributed by atoms with Crippen LogP contribution in [0.5, 0.6) is 0 Å². The number of hydrogen-bond donors (Lipinski definition) is 14. The number of aryl methyl sites for hydroxylation is 5. The number of hydrogen-bond acceptors (Lipinski definition) is 15. The van der Waals surface area contributed by atoms with E-state index in [9.17, 15) is 49.8 Å². The summed E-state index contributed by atoms with van der Waals surface area (Å²) in [5.74, 6) is -3.82. The molecule has 23 nitrogen and oxygen atoms in total. The highest BCUT2D eigenvalue weighted by atomic mass is 16.5. The number of rotatable bonds is 21. The fourth-order valence-corrected chi connectivity index (χ4v) is 13.2. The van der Waals surface area contributed by atoms with Crippen LogP contribution in [0.25, 0.3) is 88.7 Å². The predicted octanol–water partition coefficient (Wildman–Crippen LogP) is 11.4. The smallest absolute Gasteiger partial charge is 0.303 e. The van der Waals surface area contributed by atoms with Crippen LogP contribution in [-0.4, -0.2) is 141 Å². The Morgan fingerprint density at radius 2 is 0.726 bits per heavy atom. The lowest BCUT2D eigenvalue weighted by Gasteiger charge is -2.20. The maximum atomic E-state index is 12.2. The molecular formula is C72H85N9O14. The van der Waals surface area contributed by atoms with Gasteiger partial charge in [0.2, 0.25) is 0 Å². The molecule has 16 bridgehead atoms. The molecule has 4 atom stereocenters. The van der Waals surface area contributed by atoms with Gasteiger partial charge in [-0.15, -0.1) is 0 Å². The summed E-state index contributed by atoms with van der Waals surface area (Å²) in [5.41, 5.74) is 26.4. The summed E-state index contributed by atoms with van der Waals surface area (Å²) in [6.45, 7) is 21.7. The number of nitrogens with two attached hydrogens (primary N) is 1. The van der Waals surface area contributed by atoms with Gasteiger partial charge in [-0.25, -0.2) is 19.9 Å². The van der Waals surface area contributed by atoms with Crippen LogP contribution in [0.15, 0.2) is 48.5 Å². The van der Waals surface area contributed by atoms with E-state index in [1.165, 1.54) is 0 Å². The monoisotopic (exact) mass is 1300 g/mol. The SMILES string of the molecule is CC1=C(CCC(=O)O)c2cc3nc(cc4[nH]c(cc5[nH]c(cc1n2)c(C)c5C(C)OC(C)c1c(C)c2cc5nc(cc6nc(cc7[nH]c(cc1[nH]2)c(C)c7CCC(=O)O)C(CCC(=O)O)=C6C)C(C)=C5C(C)O)c(C)c4C(C)O)C(C)=C3CCC(=O)O.NC(CO)(CO)CO. The Labute approximate surface area is 548 Å². The zero-order valence-corrected chi connectivity index (χ0v) is 55.6. The average molecular weight is 1300 g/mol. The Balaban J connectivity index is 0.00000124. The van der Waals surface area contributed by atoms with Gasteiger partial charge in [0.15, 0.2) is 0 Å². The molecule has 0 amide bonds. The number of carboxylic acid groups (broad SMARTS) is 4. The van der Waals surface area contributed by atoms with Gasteiger partial charge in [-0.3, -0.25) is 19.2 Å². The maximum Gasteiger partial charge on any atom is 0.303 e. The van der Waals surface area contributed by atoms with E-state index in [0.717, 1.165) is 83.5 Å². The highest BCUT2D eigenvalue weighted by molar-refractivity contribution is 5.99. The Kier molecular flexibility index (Phi) is 21.0. The number of aromatic amines is 4. The zero-order valence-electron chi connectivity index (χ0n) is 55.6. The Morgan fingerprint density at radius 1 is 0.411 bits per heavy atom. The van der Waals surface area contributed by atoms with E-state index in [1.54, 1.807) is 13.8 Å². The van der Waals surface area contributed by atoms with E-state index in [0.29, 0.717) is 95.3 Å². The first-order valence-corrected chi connectivity index (χ1v) is 31.7. The molecular weight excluding hydrogens is 1210 g/mol. The van der Waals surface area contributed by atoms with Crippen molar-refractivity contribution >= 4 is 113 Å². The summed E-state index contributed by atoms with van der Waals surface area (Å²) in [4.78, 5) is 83.1. The van der Waals surface area contributed by atoms with Gasteiger partial charge in [0.05, 0.1) is 95.3 Å². The normalized spacial score (nSPS) is 14.7. The molecule has 10 rings (SSSR count). The molecule has 502 valence electrons. The Bertz CT molecular complexity index is 4600. The third kappa shape index (κ3) is 14.6. The second-order valence-corrected chi connectivity index (χ2v) is 25.2. The second kappa shape index (κ2) is 28.4. The Morgan fingerprint density at radius 3 is 1.14 bits per heavy atom. The Hall–Kier alpha value is -9.20. The number of nitrogens with one attached hydrogen (secondary N) is 4. The van der Waals surface area contributed by atoms with Crippen LogP contribution in [0.2, 0.25) is 0 Å². The quantitative estimate of drug-likeness (QED) is 0.0318. The molecule has 10 heterocycles. The highest BCUT2D eigenvalue weighted by Gasteiger charge is 2.29. The van der Waals surface area contributed by atoms with Crippen LogP contribution in [-0.2, 0) is 30.3 Å². The lowest BCUT2D eigenvalue weighted by Crippen LogP contribution is -2.50. The lowest BCUT2D eigenvalue weighted by atomic mass is 9.98. The molecule has 0 saturated carbocycles. The van der Waals surface area contributed by atoms with Crippen molar-refractivity contribution in [3.8, 4) is 0 Å². The molecule has 0 saturated heterocycles. The van der Waals surface area contributed by atoms with Gasteiger partial charge in [-0.05, 0) is 224 Å². The standard InChI is InChI=1S/C68H74N8O11.C4H11NO3/c1-29-41(13-17-61(79)80)53-28-56-44(16-20-64(85)86)32(4)48(72-56)24-59-68(36(8)52(76-59)25-58-65(37(9)77)33(5)49(73-58)21-45(29)69-53)40(12)87-39(11)67-35(7)50-22-46-30(2)42(14-18-62(81)82)54(70-46)27-55-43(15-19-63(83)84)31(3)47(71-55)23-57-66(38(10)78)34(6)51(74-57)26-60(67)75-50;5-4(1-6,2-7)3-8/h21-28,37-40,72,74-78H,13-20H2,1-12H3,(H,79,80)(H,81,82)(H,83,84)(H,85,86);6-8H,1-3,5H2. The molecule has 4 aliphatic heterocycles. The van der Waals surface area contributed by atoms with Crippen LogP contribution in [0.3, 0.4) is 0 Å². The van der Waals surface area contributed by atoms with E-state index >= 15 is 0 Å². The van der Waals surface area contributed by atoms with Crippen LogP contribution in [0.1, 0.15) is 209 Å². The van der Waals surface area contributed by atoms with Gasteiger partial charge in [0, 0.05) is 92.1 Å². The van der Waals surface area contributed by atoms with E-state index in [4.69, 9.17) is 45.7 Å². The van der Waals surface area contributed by atoms with Crippen molar-refractivity contribution < 1.29 is 69.9 Å². The molecule has 6 aromatic heterocycles. The van der Waals surface area contributed by atoms with Gasteiger partial charge in [0.1, 0.15) is 0 Å². The van der Waals surface area contributed by atoms with Gasteiger partial charge >= 0.3 is 23.9 Å². The molecule has 95 heavy (non-hydrogen) atoms. The van der Waals surface area contributed by atoms with Crippen LogP contribution in [0, 0.1) is 27.7 Å². The fraction of sp³-hybridized carbons (Fsp3) is 0.389. The minimum Gasteiger partial charge on any atom is -0.481 e. The maximum absolute atomic E-state index is 12.2. The van der Waals surface area contributed by atoms with Crippen molar-refractivity contribution in [3.05, 3.63) is 139 Å². The van der Waals surface area contributed by atoms with E-state index in [2.05, 4.69) is 19.9 Å². The molecule has 0 spiro atoms. The average Bonchev–Trinajstić information content (AvgIpc) is 1.62. The third-order valence-corrected chi connectivity index (χ3v) is 18.6. The van der Waals surface area contributed by atoms with Crippen LogP contribution in [0.4, 0.5) is 0 Å². The molecule has 15 N–H and O–H groups in total. The summed E-state index contributed by atoms with van der Waals surface area (Å²) < 4.78 is 7.28. The number of carboxylic acids is 4. The van der Waals surface area contributed by atoms with Crippen LogP contribution >= 0.6 is 0 Å². The number of carbonyl (C=O) groups is 4. The van der Waals surface area contributed by atoms with Gasteiger partial charge in [-0.1, -0.05) is 0 Å². The number of H-pyrrole nitrogens is 4. The molecule has 0 fully saturated rings. The number of nitrogens with zero attached hydrogens (tertiary/aromatic N) is 4. The molecule has 4 unspecified atom stereocenters. The van der Waals surface area contributed by atoms with Crippen LogP contribution < -0.4 is 5.73 Å². The first-order valence-electron chi connectivity index (χ1n) is 31.7. The van der Waals surface area contributed by atoms with Gasteiger partial charge in [-0.2, -0.15) is 0 Å². The molecule has 0 aliphatic carbocycles. The summed E-state index contributed by atoms with van der Waals surface area (Å²) in [7, 11) is 0. The summed E-state index contributed by atoms with van der Waals surface area (Å²) in [5, 5.41) is 87.2. The number of allylic oxidation sites excluding steroid dienone is 7. The van der Waals surface area contributed by atoms with E-state index in [1.807, 2.05) is 118 Å². The second-order valence-electron chi connectivity index (χ2n) is 25.2. The van der Waals surface area contributed by atoms with Crippen molar-refractivity contribution in [2.24, 2.45) is 5.73 Å². The zero-order chi connectivity index (χ0) is 69.4. The summed E-state index contributed by atoms with van der Waals surface area (Å²) in [6.07, 6.45) is -2.72. The largest absolute Gasteiger partial charge is 0.481 e. The number of aromatic nitrogens is 8. The molecule has 6 aromatic rings. The van der Waals surface area contributed by atoms with Crippen molar-refractivity contribution in [2.45, 2.75) is 164 Å². The number of aliphatic carboxylic acids is 4. The minimum atomic E-state index is -1.21. The van der Waals surface area contributed by atoms with Crippen molar-refractivity contribution in [1.82, 2.24) is 39.9 Å². The molecule has 23 heteroatoms. The number of ether oxygens (including phenoxy) is 1. The summed E-state index contributed by atoms with van der Waals surface area (Å²) in [6, 6.07) is 15.3. The van der Waals surface area contributed by atoms with Gasteiger partial charge in [0.25, 0.3) is 0 Å². The topological polar surface area (TPSA) is 400 Å².